The molecule has 5 nitrogen and oxygen atoms in total. The molecule has 1 unspecified atom stereocenters. The van der Waals surface area contributed by atoms with E-state index in [0.29, 0.717) is 6.54 Å². The summed E-state index contributed by atoms with van der Waals surface area (Å²) in [4.78, 5) is 23.5. The minimum Gasteiger partial charge on any atom is -0.481 e. The minimum atomic E-state index is -0.744. The number of nitrogens with zero attached hydrogens (tertiary/aromatic N) is 2. The Morgan fingerprint density at radius 2 is 1.88 bits per heavy atom. The summed E-state index contributed by atoms with van der Waals surface area (Å²) in [6, 6.07) is 10.8. The van der Waals surface area contributed by atoms with E-state index in [4.69, 9.17) is 0 Å². The van der Waals surface area contributed by atoms with Gasteiger partial charge in [0.15, 0.2) is 0 Å². The Balaban J connectivity index is 1.80. The number of rotatable bonds is 5. The summed E-state index contributed by atoms with van der Waals surface area (Å²) >= 11 is 0. The van der Waals surface area contributed by atoms with Gasteiger partial charge in [-0.2, -0.15) is 5.10 Å². The molecule has 1 aromatic heterocycles. The third kappa shape index (κ3) is 3.55. The molecule has 0 amide bonds. The summed E-state index contributed by atoms with van der Waals surface area (Å²) in [5.74, 6) is -0.943. The van der Waals surface area contributed by atoms with Crippen LogP contribution in [0.5, 0.6) is 0 Å². The average molecular weight is 326 g/mol. The van der Waals surface area contributed by atoms with E-state index in [0.717, 1.165) is 42.5 Å². The van der Waals surface area contributed by atoms with Crippen LogP contribution in [-0.2, 0) is 11.3 Å². The van der Waals surface area contributed by atoms with Gasteiger partial charge in [0, 0.05) is 6.07 Å². The molecule has 126 valence electrons. The number of aryl methyl sites for hydroxylation is 1. The van der Waals surface area contributed by atoms with Crippen LogP contribution in [0.25, 0.3) is 0 Å². The van der Waals surface area contributed by atoms with Crippen molar-refractivity contribution in [1.29, 1.82) is 0 Å². The van der Waals surface area contributed by atoms with E-state index in [1.54, 1.807) is 6.07 Å². The van der Waals surface area contributed by atoms with Crippen LogP contribution in [0, 0.1) is 12.8 Å². The molecule has 1 N–H and O–H groups in total. The number of aliphatic carboxylic acids is 1. The Labute approximate surface area is 141 Å². The highest BCUT2D eigenvalue weighted by Gasteiger charge is 2.31. The molecule has 2 aromatic rings. The maximum absolute atomic E-state index is 11.8. The van der Waals surface area contributed by atoms with Crippen molar-refractivity contribution in [3.8, 4) is 0 Å². The molecule has 0 aliphatic heterocycles. The van der Waals surface area contributed by atoms with Gasteiger partial charge in [-0.25, -0.2) is 4.68 Å². The number of carbonyl (C=O) groups is 1. The smallest absolute Gasteiger partial charge is 0.311 e. The first-order chi connectivity index (χ1) is 11.5. The highest BCUT2D eigenvalue weighted by Crippen LogP contribution is 2.37. The predicted octanol–water partition coefficient (Wildman–Crippen LogP) is 2.96. The number of hydrogen-bond acceptors (Lipinski definition) is 3. The zero-order chi connectivity index (χ0) is 17.1. The molecule has 0 radical (unpaired) electrons. The molecule has 1 aliphatic rings. The molecule has 1 aliphatic carbocycles. The van der Waals surface area contributed by atoms with Crippen molar-refractivity contribution in [2.24, 2.45) is 5.92 Å². The molecule has 5 heteroatoms. The summed E-state index contributed by atoms with van der Waals surface area (Å²) in [6.07, 6.45) is 4.21. The Bertz CT molecular complexity index is 774. The van der Waals surface area contributed by atoms with Gasteiger partial charge in [0.2, 0.25) is 0 Å². The molecule has 1 fully saturated rings. The lowest BCUT2D eigenvalue weighted by Gasteiger charge is -2.20. The third-order valence-electron chi connectivity index (χ3n) is 4.81. The summed E-state index contributed by atoms with van der Waals surface area (Å²) in [7, 11) is 0. The molecule has 0 bridgehead atoms. The second kappa shape index (κ2) is 6.99. The lowest BCUT2D eigenvalue weighted by atomic mass is 9.84. The first-order valence-corrected chi connectivity index (χ1v) is 8.41. The zero-order valence-electron chi connectivity index (χ0n) is 13.8. The highest BCUT2D eigenvalue weighted by atomic mass is 16.4. The summed E-state index contributed by atoms with van der Waals surface area (Å²) in [5.41, 5.74) is 2.44. The van der Waals surface area contributed by atoms with Crippen molar-refractivity contribution in [3.05, 3.63) is 63.6 Å². The van der Waals surface area contributed by atoms with Crippen LogP contribution in [-0.4, -0.2) is 20.9 Å². The van der Waals surface area contributed by atoms with Crippen LogP contribution < -0.4 is 5.56 Å². The maximum atomic E-state index is 11.8. The van der Waals surface area contributed by atoms with E-state index in [1.165, 1.54) is 10.7 Å². The van der Waals surface area contributed by atoms with Gasteiger partial charge in [-0.1, -0.05) is 37.1 Å². The third-order valence-corrected chi connectivity index (χ3v) is 4.81. The molecule has 3 rings (SSSR count). The molecule has 1 heterocycles. The SMILES string of the molecule is Cc1ccc(=O)n(Cc2ccc(C(C(=O)O)C3CCCC3)cc2)n1. The largest absolute Gasteiger partial charge is 0.481 e. The van der Waals surface area contributed by atoms with E-state index in [9.17, 15) is 14.7 Å². The van der Waals surface area contributed by atoms with E-state index >= 15 is 0 Å². The summed E-state index contributed by atoms with van der Waals surface area (Å²) < 4.78 is 1.43. The fourth-order valence-electron chi connectivity index (χ4n) is 3.57. The van der Waals surface area contributed by atoms with Crippen LogP contribution in [0.4, 0.5) is 0 Å². The number of aromatic nitrogens is 2. The first-order valence-electron chi connectivity index (χ1n) is 8.41. The van der Waals surface area contributed by atoms with Gasteiger partial charge < -0.3 is 5.11 Å². The standard InChI is InChI=1S/C19H22N2O3/c1-13-6-11-17(22)21(20-13)12-14-7-9-16(10-8-14)18(19(23)24)15-4-2-3-5-15/h6-11,15,18H,2-5,12H2,1H3,(H,23,24). The number of carboxylic acids is 1. The zero-order valence-corrected chi connectivity index (χ0v) is 13.8. The highest BCUT2D eigenvalue weighted by molar-refractivity contribution is 5.76. The van der Waals surface area contributed by atoms with Crippen molar-refractivity contribution < 1.29 is 9.90 Å². The van der Waals surface area contributed by atoms with Gasteiger partial charge in [0.05, 0.1) is 18.2 Å². The quantitative estimate of drug-likeness (QED) is 0.917. The van der Waals surface area contributed by atoms with Crippen LogP contribution in [0.2, 0.25) is 0 Å². The average Bonchev–Trinajstić information content (AvgIpc) is 3.06. The topological polar surface area (TPSA) is 72.2 Å². The molecule has 1 aromatic carbocycles. The normalized spacial score (nSPS) is 16.2. The number of hydrogen-bond donors (Lipinski definition) is 1. The van der Waals surface area contributed by atoms with Gasteiger partial charge in [-0.15, -0.1) is 0 Å². The van der Waals surface area contributed by atoms with Gasteiger partial charge >= 0.3 is 5.97 Å². The number of benzene rings is 1. The molecular formula is C19H22N2O3. The molecule has 0 spiro atoms. The van der Waals surface area contributed by atoms with Crippen molar-refractivity contribution in [2.75, 3.05) is 0 Å². The summed E-state index contributed by atoms with van der Waals surface area (Å²) in [6.45, 7) is 2.24. The van der Waals surface area contributed by atoms with Crippen LogP contribution in [0.1, 0.15) is 48.4 Å². The van der Waals surface area contributed by atoms with Crippen molar-refractivity contribution in [2.45, 2.75) is 45.1 Å². The molecule has 0 saturated heterocycles. The minimum absolute atomic E-state index is 0.140. The van der Waals surface area contributed by atoms with Crippen LogP contribution >= 0.6 is 0 Å². The molecule has 1 atom stereocenters. The van der Waals surface area contributed by atoms with E-state index in [2.05, 4.69) is 5.10 Å². The van der Waals surface area contributed by atoms with E-state index < -0.39 is 11.9 Å². The Morgan fingerprint density at radius 1 is 1.21 bits per heavy atom. The maximum Gasteiger partial charge on any atom is 0.311 e. The summed E-state index contributed by atoms with van der Waals surface area (Å²) in [5, 5.41) is 13.8. The van der Waals surface area contributed by atoms with Gasteiger partial charge in [0.25, 0.3) is 5.56 Å². The van der Waals surface area contributed by atoms with Crippen molar-refractivity contribution in [3.63, 3.8) is 0 Å². The van der Waals surface area contributed by atoms with Gasteiger partial charge in [0.1, 0.15) is 0 Å². The van der Waals surface area contributed by atoms with E-state index in [1.807, 2.05) is 31.2 Å². The van der Waals surface area contributed by atoms with Crippen molar-refractivity contribution in [1.82, 2.24) is 9.78 Å². The molecule has 1 saturated carbocycles. The van der Waals surface area contributed by atoms with E-state index in [-0.39, 0.29) is 11.5 Å². The predicted molar refractivity (Wildman–Crippen MR) is 91.1 cm³/mol. The number of carboxylic acid groups (broad SMARTS) is 1. The second-order valence-electron chi connectivity index (χ2n) is 6.57. The van der Waals surface area contributed by atoms with Crippen molar-refractivity contribution >= 4 is 5.97 Å². The lowest BCUT2D eigenvalue weighted by molar-refractivity contribution is -0.140. The molecule has 24 heavy (non-hydrogen) atoms. The second-order valence-corrected chi connectivity index (χ2v) is 6.57. The fraction of sp³-hybridized carbons (Fsp3) is 0.421. The van der Waals surface area contributed by atoms with Gasteiger partial charge in [-0.05, 0) is 42.9 Å². The first kappa shape index (κ1) is 16.4. The Hall–Kier alpha value is -2.43. The lowest BCUT2D eigenvalue weighted by Crippen LogP contribution is -2.23. The Morgan fingerprint density at radius 3 is 2.50 bits per heavy atom. The Kier molecular flexibility index (Phi) is 4.79. The van der Waals surface area contributed by atoms with Crippen LogP contribution in [0.15, 0.2) is 41.2 Å². The van der Waals surface area contributed by atoms with Gasteiger partial charge in [-0.3, -0.25) is 9.59 Å². The molecular weight excluding hydrogens is 304 g/mol. The monoisotopic (exact) mass is 326 g/mol. The fourth-order valence-corrected chi connectivity index (χ4v) is 3.57. The van der Waals surface area contributed by atoms with Crippen LogP contribution in [0.3, 0.4) is 0 Å².